The van der Waals surface area contributed by atoms with Gasteiger partial charge in [-0.1, -0.05) is 61.7 Å². The molecule has 2 aliphatic rings. The van der Waals surface area contributed by atoms with Gasteiger partial charge in [-0.2, -0.15) is 8.61 Å². The molecule has 4 heterocycles. The number of hydrogen-bond donors (Lipinski definition) is 0. The Bertz CT molecular complexity index is 2780. The fourth-order valence-corrected chi connectivity index (χ4v) is 13.1. The normalized spacial score (nSPS) is 15.1. The van der Waals surface area contributed by atoms with Crippen molar-refractivity contribution in [2.24, 2.45) is 0 Å². The Labute approximate surface area is 402 Å². The Morgan fingerprint density at radius 1 is 0.625 bits per heavy atom. The summed E-state index contributed by atoms with van der Waals surface area (Å²) in [5, 5.41) is 5.82. The van der Waals surface area contributed by atoms with Crippen LogP contribution in [-0.2, 0) is 32.9 Å². The number of nitrogens with zero attached hydrogens (tertiary/aromatic N) is 6. The van der Waals surface area contributed by atoms with Gasteiger partial charge in [0.1, 0.15) is 5.82 Å². The summed E-state index contributed by atoms with van der Waals surface area (Å²) in [4.78, 5) is 14.3. The van der Waals surface area contributed by atoms with Crippen LogP contribution in [0.3, 0.4) is 0 Å². The van der Waals surface area contributed by atoms with E-state index in [4.69, 9.17) is 30.8 Å². The monoisotopic (exact) mass is 1100 g/mol. The maximum Gasteiger partial charge on any atom is 0.243 e. The first-order valence-electron chi connectivity index (χ1n) is 19.8. The van der Waals surface area contributed by atoms with Crippen LogP contribution in [0.15, 0.2) is 108 Å². The number of benzene rings is 4. The van der Waals surface area contributed by atoms with Crippen molar-refractivity contribution in [2.45, 2.75) is 22.6 Å². The van der Waals surface area contributed by atoms with E-state index in [1.54, 1.807) is 87.3 Å². The van der Waals surface area contributed by atoms with Crippen molar-refractivity contribution in [3.8, 4) is 17.2 Å². The number of rotatable bonds is 13. The molecule has 2 fully saturated rings. The van der Waals surface area contributed by atoms with E-state index in [1.165, 1.54) is 26.0 Å². The second kappa shape index (κ2) is 21.2. The molecule has 2 saturated heterocycles. The Kier molecular flexibility index (Phi) is 15.9. The molecule has 8 rings (SSSR count). The molecule has 6 aromatic rings. The van der Waals surface area contributed by atoms with Gasteiger partial charge in [0.25, 0.3) is 0 Å². The Hall–Kier alpha value is -3.86. The maximum absolute atomic E-state index is 13.6. The lowest BCUT2D eigenvalue weighted by molar-refractivity contribution is 0.324. The van der Waals surface area contributed by atoms with E-state index in [1.807, 2.05) is 29.0 Å². The molecule has 0 spiro atoms. The Morgan fingerprint density at radius 2 is 1.08 bits per heavy atom. The van der Waals surface area contributed by atoms with Gasteiger partial charge in [-0.25, -0.2) is 31.2 Å². The average Bonchev–Trinajstić information content (AvgIpc) is 3.97. The lowest BCUT2D eigenvalue weighted by Gasteiger charge is -2.33. The fourth-order valence-electron chi connectivity index (χ4n) is 7.14. The van der Waals surface area contributed by atoms with Gasteiger partial charge in [-0.05, 0) is 71.8 Å². The summed E-state index contributed by atoms with van der Waals surface area (Å²) < 4.78 is 86.2. The zero-order valence-electron chi connectivity index (χ0n) is 34.9. The van der Waals surface area contributed by atoms with Crippen molar-refractivity contribution < 1.29 is 35.4 Å². The number of aromatic nitrogens is 2. The van der Waals surface area contributed by atoms with Crippen molar-refractivity contribution >= 4 is 96.4 Å². The molecule has 0 aliphatic carbocycles. The number of methoxy groups -OCH3 is 3. The molecule has 0 saturated carbocycles. The molecule has 2 aliphatic heterocycles. The van der Waals surface area contributed by atoms with Crippen LogP contribution in [-0.4, -0.2) is 109 Å². The topological polar surface area (TPSA) is 135 Å². The van der Waals surface area contributed by atoms with Gasteiger partial charge < -0.3 is 24.0 Å². The van der Waals surface area contributed by atoms with Crippen LogP contribution in [0.4, 0.5) is 14.7 Å². The molecule has 0 N–H and O–H groups in total. The molecular weight excluding hydrogens is 1060 g/mol. The van der Waals surface area contributed by atoms with Crippen LogP contribution in [0.5, 0.6) is 17.2 Å². The summed E-state index contributed by atoms with van der Waals surface area (Å²) in [5.41, 5.74) is 3.58. The highest BCUT2D eigenvalue weighted by atomic mass is 79.9. The smallest absolute Gasteiger partial charge is 0.243 e. The van der Waals surface area contributed by atoms with Crippen molar-refractivity contribution in [2.75, 3.05) is 83.5 Å². The van der Waals surface area contributed by atoms with Crippen molar-refractivity contribution in [1.29, 1.82) is 0 Å². The maximum atomic E-state index is 13.6. The number of anilines is 2. The average molecular weight is 1100 g/mol. The number of halogens is 4. The van der Waals surface area contributed by atoms with Crippen molar-refractivity contribution in [3.63, 3.8) is 0 Å². The third kappa shape index (κ3) is 11.4. The van der Waals surface area contributed by atoms with E-state index in [9.17, 15) is 21.2 Å². The Morgan fingerprint density at radius 3 is 1.48 bits per heavy atom. The largest absolute Gasteiger partial charge is 0.493 e. The first kappa shape index (κ1) is 48.1. The second-order valence-corrected chi connectivity index (χ2v) is 22.4. The van der Waals surface area contributed by atoms with Crippen LogP contribution < -0.4 is 24.0 Å². The highest BCUT2D eigenvalue weighted by Crippen LogP contribution is 2.39. The molecule has 13 nitrogen and oxygen atoms in total. The predicted octanol–water partition coefficient (Wildman–Crippen LogP) is 8.83. The van der Waals surface area contributed by atoms with Crippen LogP contribution in [0.1, 0.15) is 22.5 Å². The van der Waals surface area contributed by atoms with Crippen LogP contribution in [0.2, 0.25) is 5.02 Å². The lowest BCUT2D eigenvalue weighted by Crippen LogP contribution is -2.48. The summed E-state index contributed by atoms with van der Waals surface area (Å²) in [6.07, 6.45) is 1.13. The van der Waals surface area contributed by atoms with E-state index in [0.29, 0.717) is 87.3 Å². The zero-order valence-corrected chi connectivity index (χ0v) is 42.1. The Balaban J connectivity index is 0.000000193. The quantitative estimate of drug-likeness (QED) is 0.110. The first-order chi connectivity index (χ1) is 30.7. The number of thiazole rings is 2. The molecule has 0 bridgehead atoms. The van der Waals surface area contributed by atoms with Gasteiger partial charge in [-0.15, -0.1) is 22.7 Å². The van der Waals surface area contributed by atoms with E-state index in [-0.39, 0.29) is 9.92 Å². The standard InChI is InChI=1S/C23H26BrN3O5S2.C20H18BrClFN3O2S2/c1-30-20-12-16(13-21(31-2)22(20)32-3)11-18-15-33-23(25-18)26-7-9-27(10-8-26)34(28,29)19-6-4-5-17(24)14-19;21-15-2-1-3-17(12-15)30(27,28)26-8-6-25(7-9-26)20-24-16(13-29-20)10-14-4-5-18(22)19(23)11-14/h4-6,12-15H,7-11H2,1-3H3;1-5,11-13H,6-10H2. The van der Waals surface area contributed by atoms with Crippen LogP contribution in [0, 0.1) is 5.82 Å². The number of piperazine rings is 2. The molecule has 340 valence electrons. The van der Waals surface area contributed by atoms with E-state index in [0.717, 1.165) is 41.7 Å². The van der Waals surface area contributed by atoms with E-state index in [2.05, 4.69) is 46.6 Å². The minimum atomic E-state index is -3.52. The minimum absolute atomic E-state index is 0.105. The summed E-state index contributed by atoms with van der Waals surface area (Å²) in [5.74, 6) is 1.33. The predicted molar refractivity (Wildman–Crippen MR) is 258 cm³/mol. The summed E-state index contributed by atoms with van der Waals surface area (Å²) >= 11 is 15.5. The van der Waals surface area contributed by atoms with Gasteiger partial charge in [0.15, 0.2) is 21.8 Å². The van der Waals surface area contributed by atoms with E-state index >= 15 is 0 Å². The number of hydrogen-bond acceptors (Lipinski definition) is 13. The third-order valence-electron chi connectivity index (χ3n) is 10.4. The lowest BCUT2D eigenvalue weighted by atomic mass is 10.1. The van der Waals surface area contributed by atoms with Gasteiger partial charge in [0, 0.05) is 84.9 Å². The van der Waals surface area contributed by atoms with Crippen molar-refractivity contribution in [1.82, 2.24) is 18.6 Å². The van der Waals surface area contributed by atoms with Gasteiger partial charge in [-0.3, -0.25) is 0 Å². The summed E-state index contributed by atoms with van der Waals surface area (Å²) in [7, 11) is -2.27. The minimum Gasteiger partial charge on any atom is -0.493 e. The molecule has 0 radical (unpaired) electrons. The van der Waals surface area contributed by atoms with E-state index < -0.39 is 25.9 Å². The van der Waals surface area contributed by atoms with Gasteiger partial charge >= 0.3 is 0 Å². The molecule has 2 aromatic heterocycles. The molecule has 0 unspecified atom stereocenters. The van der Waals surface area contributed by atoms with Crippen LogP contribution in [0.25, 0.3) is 0 Å². The van der Waals surface area contributed by atoms with Gasteiger partial charge in [0.05, 0.1) is 47.5 Å². The van der Waals surface area contributed by atoms with Crippen LogP contribution >= 0.6 is 66.1 Å². The zero-order chi connectivity index (χ0) is 45.6. The first-order valence-corrected chi connectivity index (χ1v) is 26.4. The van der Waals surface area contributed by atoms with Crippen molar-refractivity contribution in [3.05, 3.63) is 132 Å². The molecule has 4 aromatic carbocycles. The molecule has 0 amide bonds. The molecule has 64 heavy (non-hydrogen) atoms. The molecular formula is C43H44Br2ClFN6O7S4. The number of sulfonamides is 2. The second-order valence-electron chi connectivity index (χ2n) is 14.6. The highest BCUT2D eigenvalue weighted by molar-refractivity contribution is 9.10. The highest BCUT2D eigenvalue weighted by Gasteiger charge is 2.31. The molecule has 0 atom stereocenters. The summed E-state index contributed by atoms with van der Waals surface area (Å²) in [6, 6.07) is 22.2. The van der Waals surface area contributed by atoms with Gasteiger partial charge in [0.2, 0.25) is 25.8 Å². The molecule has 21 heteroatoms. The fraction of sp³-hybridized carbons (Fsp3) is 0.302. The number of ether oxygens (including phenoxy) is 3. The third-order valence-corrected chi connectivity index (χ3v) is 17.4. The SMILES string of the molecule is COc1cc(Cc2csc(N3CCN(S(=O)(=O)c4cccc(Br)c4)CC3)n2)cc(OC)c1OC.O=S(=O)(c1cccc(Br)c1)N1CCN(c2nc(Cc3ccc(Cl)c(F)c3)cs2)CC1. The summed E-state index contributed by atoms with van der Waals surface area (Å²) in [6.45, 7) is 3.92.